The van der Waals surface area contributed by atoms with Crippen LogP contribution in [0.5, 0.6) is 0 Å². The molecule has 0 fully saturated rings. The van der Waals surface area contributed by atoms with Crippen LogP contribution in [-0.4, -0.2) is 17.3 Å². The highest BCUT2D eigenvalue weighted by molar-refractivity contribution is 6.31. The number of hydrogen-bond donors (Lipinski definition) is 1. The molecule has 1 aromatic rings. The van der Waals surface area contributed by atoms with Gasteiger partial charge in [-0.05, 0) is 39.6 Å². The van der Waals surface area contributed by atoms with Crippen LogP contribution in [0.25, 0.3) is 0 Å². The highest BCUT2D eigenvalue weighted by atomic mass is 35.5. The molecule has 0 saturated heterocycles. The fourth-order valence-corrected chi connectivity index (χ4v) is 1.37. The van der Waals surface area contributed by atoms with Crippen molar-refractivity contribution in [3.05, 3.63) is 34.9 Å². The zero-order valence-electron chi connectivity index (χ0n) is 18.6. The Morgan fingerprint density at radius 2 is 2.25 bits per heavy atom. The number of halogens is 1. The van der Waals surface area contributed by atoms with Gasteiger partial charge in [-0.15, -0.1) is 0 Å². The van der Waals surface area contributed by atoms with E-state index in [-0.39, 0.29) is 10.6 Å². The Kier molecular flexibility index (Phi) is 1.49. The zero-order valence-corrected chi connectivity index (χ0v) is 9.35. The lowest BCUT2D eigenvalue weighted by atomic mass is 10.0. The molecule has 1 atom stereocenters. The third kappa shape index (κ3) is 3.95. The van der Waals surface area contributed by atoms with Crippen molar-refractivity contribution >= 4 is 17.4 Å². The average molecular weight is 250 g/mol. The molecule has 1 rings (SSSR count). The van der Waals surface area contributed by atoms with Crippen LogP contribution in [0.3, 0.4) is 0 Å². The molecule has 0 radical (unpaired) electrons. The Balaban J connectivity index is 3.53. The van der Waals surface area contributed by atoms with Crippen molar-refractivity contribution in [1.29, 1.82) is 0 Å². The molecule has 16 heavy (non-hydrogen) atoms. The first kappa shape index (κ1) is 4.79. The summed E-state index contributed by atoms with van der Waals surface area (Å²) in [5, 5.41) is 2.00. The van der Waals surface area contributed by atoms with E-state index in [4.69, 9.17) is 25.3 Å². The van der Waals surface area contributed by atoms with Gasteiger partial charge in [0.2, 0.25) is 0 Å². The minimum Gasteiger partial charge on any atom is -0.303 e. The number of carbonyl (C=O) groups excluding carboxylic acids is 1. The van der Waals surface area contributed by atoms with Gasteiger partial charge in [-0.25, -0.2) is 0 Å². The molecule has 0 saturated carbocycles. The van der Waals surface area contributed by atoms with Gasteiger partial charge in [0.05, 0.1) is 7.39 Å². The number of ketones is 1. The summed E-state index contributed by atoms with van der Waals surface area (Å²) in [4.78, 5) is 12.6. The van der Waals surface area contributed by atoms with Crippen molar-refractivity contribution in [3.63, 3.8) is 0 Å². The van der Waals surface area contributed by atoms with Crippen molar-refractivity contribution in [1.82, 2.24) is 5.32 Å². The van der Waals surface area contributed by atoms with E-state index in [1.807, 2.05) is 5.32 Å². The van der Waals surface area contributed by atoms with E-state index >= 15 is 0 Å². The summed E-state index contributed by atoms with van der Waals surface area (Å²) in [6.07, 6.45) is 0. The molecule has 0 bridgehead atoms. The van der Waals surface area contributed by atoms with Gasteiger partial charge in [-0.1, -0.05) is 23.7 Å². The van der Waals surface area contributed by atoms with Crippen LogP contribution in [-0.2, 0) is 0 Å². The van der Waals surface area contributed by atoms with E-state index < -0.39 is 37.9 Å². The van der Waals surface area contributed by atoms with Crippen LogP contribution >= 0.6 is 11.6 Å². The fraction of sp³-hybridized carbons (Fsp3) is 0.462. The smallest absolute Gasteiger partial charge is 0.179 e. The fourth-order valence-electron chi connectivity index (χ4n) is 1.18. The molecule has 0 aliphatic rings. The molecular formula is C13H18ClNO. The summed E-state index contributed by atoms with van der Waals surface area (Å²) in [6.45, 7) is -9.81. The topological polar surface area (TPSA) is 29.1 Å². The first-order valence-electron chi connectivity index (χ1n) is 9.46. The predicted molar refractivity (Wildman–Crippen MR) is 68.1 cm³/mol. The van der Waals surface area contributed by atoms with E-state index in [1.165, 1.54) is 24.3 Å². The zero-order chi connectivity index (χ0) is 20.8. The van der Waals surface area contributed by atoms with Gasteiger partial charge >= 0.3 is 0 Å². The van der Waals surface area contributed by atoms with E-state index in [0.29, 0.717) is 0 Å². The second kappa shape index (κ2) is 4.98. The van der Waals surface area contributed by atoms with Crippen molar-refractivity contribution in [3.8, 4) is 0 Å². The molecule has 1 aromatic carbocycles. The van der Waals surface area contributed by atoms with E-state index in [0.717, 1.165) is 6.92 Å². The normalized spacial score (nSPS) is 27.1. The SMILES string of the molecule is [2H]C([2H])([2H])C(N[C@]([2H])(C)C(=O)c1cccc(Cl)c1)(C([2H])([2H])[2H])C([2H])([2H])[2H]. The summed E-state index contributed by atoms with van der Waals surface area (Å²) in [7, 11) is 0. The van der Waals surface area contributed by atoms with Crippen LogP contribution in [0, 0.1) is 0 Å². The van der Waals surface area contributed by atoms with Crippen molar-refractivity contribution < 1.29 is 18.5 Å². The molecule has 0 aromatic heterocycles. The summed E-state index contributed by atoms with van der Waals surface area (Å²) in [5.41, 5.74) is -3.59. The lowest BCUT2D eigenvalue weighted by molar-refractivity contribution is 0.0936. The maximum Gasteiger partial charge on any atom is 0.179 e. The van der Waals surface area contributed by atoms with Crippen LogP contribution < -0.4 is 5.32 Å². The Morgan fingerprint density at radius 3 is 2.81 bits per heavy atom. The Bertz CT molecular complexity index is 641. The molecule has 0 aliphatic carbocycles. The molecule has 0 aliphatic heterocycles. The maximum atomic E-state index is 12.6. The van der Waals surface area contributed by atoms with Gasteiger partial charge in [-0.2, -0.15) is 0 Å². The van der Waals surface area contributed by atoms with Gasteiger partial charge in [0.15, 0.2) is 5.78 Å². The molecule has 0 unspecified atom stereocenters. The number of Topliss-reactive ketones (excluding diaryl/α,β-unsaturated/α-hetero) is 1. The van der Waals surface area contributed by atoms with Crippen LogP contribution in [0.1, 0.15) is 51.5 Å². The summed E-state index contributed by atoms with van der Waals surface area (Å²) < 4.78 is 76.1. The van der Waals surface area contributed by atoms with E-state index in [9.17, 15) is 4.79 Å². The first-order chi connectivity index (χ1) is 11.4. The van der Waals surface area contributed by atoms with Gasteiger partial charge in [0.25, 0.3) is 0 Å². The van der Waals surface area contributed by atoms with Crippen LogP contribution in [0.4, 0.5) is 0 Å². The molecule has 0 amide bonds. The van der Waals surface area contributed by atoms with E-state index in [2.05, 4.69) is 0 Å². The summed E-state index contributed by atoms with van der Waals surface area (Å²) in [5.74, 6) is -1.03. The lowest BCUT2D eigenvalue weighted by Gasteiger charge is -2.25. The third-order valence-corrected chi connectivity index (χ3v) is 2.04. The van der Waals surface area contributed by atoms with Crippen molar-refractivity contribution in [2.45, 2.75) is 39.0 Å². The van der Waals surface area contributed by atoms with Crippen molar-refractivity contribution in [2.75, 3.05) is 0 Å². The third-order valence-electron chi connectivity index (χ3n) is 1.80. The predicted octanol–water partition coefficient (Wildman–Crippen LogP) is 3.30. The number of rotatable bonds is 3. The Morgan fingerprint density at radius 1 is 1.56 bits per heavy atom. The molecular weight excluding hydrogens is 222 g/mol. The Hall–Kier alpha value is -0.860. The quantitative estimate of drug-likeness (QED) is 0.833. The number of hydrogen-bond acceptors (Lipinski definition) is 2. The molecule has 88 valence electrons. The average Bonchev–Trinajstić information content (AvgIpc) is 2.40. The van der Waals surface area contributed by atoms with Gasteiger partial charge < -0.3 is 5.32 Å². The van der Waals surface area contributed by atoms with Gasteiger partial charge in [0, 0.05) is 28.5 Å². The number of carbonyl (C=O) groups is 1. The Labute approximate surface area is 116 Å². The summed E-state index contributed by atoms with van der Waals surface area (Å²) >= 11 is 5.79. The minimum atomic E-state index is -3.57. The maximum absolute atomic E-state index is 12.6. The highest BCUT2D eigenvalue weighted by Crippen LogP contribution is 2.13. The van der Waals surface area contributed by atoms with Gasteiger partial charge in [-0.3, -0.25) is 4.79 Å². The summed E-state index contributed by atoms with van der Waals surface area (Å²) in [6, 6.07) is 2.81. The van der Waals surface area contributed by atoms with E-state index in [1.54, 1.807) is 0 Å². The van der Waals surface area contributed by atoms with Gasteiger partial charge in [0.1, 0.15) is 0 Å². The first-order valence-corrected chi connectivity index (χ1v) is 4.84. The minimum absolute atomic E-state index is 0.0991. The standard InChI is InChI=1S/C13H18ClNO/c1-9(15-13(2,3)4)12(16)10-6-5-7-11(14)8-10/h5-9,15H,1-4H3/t9-/m1/s1/i2D3,3D3,4D3,9D. The monoisotopic (exact) mass is 249 g/mol. The second-order valence-electron chi connectivity index (χ2n) is 3.34. The van der Waals surface area contributed by atoms with Crippen LogP contribution in [0.2, 0.25) is 5.02 Å². The number of nitrogens with one attached hydrogen (secondary N) is 1. The lowest BCUT2D eigenvalue weighted by Crippen LogP contribution is -2.46. The molecule has 2 nitrogen and oxygen atoms in total. The molecule has 0 heterocycles. The van der Waals surface area contributed by atoms with Crippen molar-refractivity contribution in [2.24, 2.45) is 0 Å². The molecule has 0 spiro atoms. The molecule has 1 N–H and O–H groups in total. The largest absolute Gasteiger partial charge is 0.303 e. The molecule has 3 heteroatoms. The highest BCUT2D eigenvalue weighted by Gasteiger charge is 2.20. The number of benzene rings is 1. The second-order valence-corrected chi connectivity index (χ2v) is 3.78. The van der Waals surface area contributed by atoms with Crippen LogP contribution in [0.15, 0.2) is 24.3 Å².